The number of hydrogen-bond acceptors (Lipinski definition) is 3. The summed E-state index contributed by atoms with van der Waals surface area (Å²) < 4.78 is 0. The fourth-order valence-corrected chi connectivity index (χ4v) is 1.86. The molecule has 0 heterocycles. The Labute approximate surface area is 119 Å². The Morgan fingerprint density at radius 1 is 1.25 bits per heavy atom. The Bertz CT molecular complexity index is 443. The first-order valence-electron chi connectivity index (χ1n) is 6.82. The zero-order valence-corrected chi connectivity index (χ0v) is 11.8. The van der Waals surface area contributed by atoms with Crippen molar-refractivity contribution in [3.8, 4) is 0 Å². The van der Waals surface area contributed by atoms with Gasteiger partial charge in [0.15, 0.2) is 0 Å². The van der Waals surface area contributed by atoms with Gasteiger partial charge in [-0.15, -0.1) is 0 Å². The van der Waals surface area contributed by atoms with E-state index in [0.29, 0.717) is 25.4 Å². The van der Waals surface area contributed by atoms with Crippen LogP contribution in [0.4, 0.5) is 0 Å². The van der Waals surface area contributed by atoms with Crippen LogP contribution in [0.15, 0.2) is 24.3 Å². The van der Waals surface area contributed by atoms with Gasteiger partial charge in [0.25, 0.3) is 0 Å². The molecule has 20 heavy (non-hydrogen) atoms. The Hall–Kier alpha value is -1.88. The molecule has 0 aliphatic heterocycles. The van der Waals surface area contributed by atoms with Gasteiger partial charge in [-0.1, -0.05) is 19.1 Å². The Morgan fingerprint density at radius 2 is 1.90 bits per heavy atom. The second kappa shape index (κ2) is 8.32. The number of carbonyl (C=O) groups is 2. The van der Waals surface area contributed by atoms with E-state index in [0.717, 1.165) is 18.4 Å². The summed E-state index contributed by atoms with van der Waals surface area (Å²) in [7, 11) is 0. The van der Waals surface area contributed by atoms with Crippen LogP contribution < -0.4 is 11.1 Å². The first-order valence-corrected chi connectivity index (χ1v) is 6.82. The average Bonchev–Trinajstić information content (AvgIpc) is 2.43. The highest BCUT2D eigenvalue weighted by Gasteiger charge is 2.06. The summed E-state index contributed by atoms with van der Waals surface area (Å²) >= 11 is 0. The average molecular weight is 278 g/mol. The number of carboxylic acid groups (broad SMARTS) is 1. The molecule has 0 aromatic heterocycles. The molecule has 0 radical (unpaired) electrons. The minimum Gasteiger partial charge on any atom is -0.478 e. The van der Waals surface area contributed by atoms with Crippen LogP contribution in [0, 0.1) is 5.92 Å². The molecule has 110 valence electrons. The van der Waals surface area contributed by atoms with Crippen LogP contribution >= 0.6 is 0 Å². The van der Waals surface area contributed by atoms with E-state index in [1.54, 1.807) is 12.1 Å². The van der Waals surface area contributed by atoms with E-state index in [1.807, 2.05) is 0 Å². The van der Waals surface area contributed by atoms with Gasteiger partial charge < -0.3 is 16.2 Å². The van der Waals surface area contributed by atoms with Gasteiger partial charge in [0.05, 0.1) is 5.56 Å². The largest absolute Gasteiger partial charge is 0.478 e. The lowest BCUT2D eigenvalue weighted by atomic mass is 10.0. The molecule has 1 unspecified atom stereocenters. The molecular formula is C15H22N2O3. The lowest BCUT2D eigenvalue weighted by Crippen LogP contribution is -2.23. The molecule has 1 amide bonds. The highest BCUT2D eigenvalue weighted by molar-refractivity contribution is 5.87. The van der Waals surface area contributed by atoms with Gasteiger partial charge in [0, 0.05) is 13.0 Å². The summed E-state index contributed by atoms with van der Waals surface area (Å²) in [4.78, 5) is 22.4. The van der Waals surface area contributed by atoms with Crippen LogP contribution in [0.3, 0.4) is 0 Å². The van der Waals surface area contributed by atoms with Crippen molar-refractivity contribution in [2.75, 3.05) is 6.54 Å². The van der Waals surface area contributed by atoms with Gasteiger partial charge in [-0.2, -0.15) is 0 Å². The molecule has 1 aromatic carbocycles. The summed E-state index contributed by atoms with van der Waals surface area (Å²) in [6, 6.07) is 6.49. The van der Waals surface area contributed by atoms with Crippen molar-refractivity contribution < 1.29 is 14.7 Å². The maximum atomic E-state index is 11.7. The predicted octanol–water partition coefficient (Wildman–Crippen LogP) is 1.77. The summed E-state index contributed by atoms with van der Waals surface area (Å²) in [5.41, 5.74) is 6.59. The molecule has 0 spiro atoms. The summed E-state index contributed by atoms with van der Waals surface area (Å²) in [6.07, 6.45) is 2.26. The number of amides is 1. The normalized spacial score (nSPS) is 11.9. The Balaban J connectivity index is 2.32. The van der Waals surface area contributed by atoms with Crippen molar-refractivity contribution in [2.45, 2.75) is 32.7 Å². The molecule has 0 saturated heterocycles. The fourth-order valence-electron chi connectivity index (χ4n) is 1.86. The third-order valence-corrected chi connectivity index (χ3v) is 3.21. The van der Waals surface area contributed by atoms with Crippen molar-refractivity contribution in [1.29, 1.82) is 0 Å². The predicted molar refractivity (Wildman–Crippen MR) is 77.3 cm³/mol. The molecule has 1 rings (SSSR count). The zero-order valence-electron chi connectivity index (χ0n) is 11.8. The molecule has 0 aliphatic carbocycles. The lowest BCUT2D eigenvalue weighted by molar-refractivity contribution is -0.121. The van der Waals surface area contributed by atoms with Crippen molar-refractivity contribution in [3.63, 3.8) is 0 Å². The molecule has 0 aliphatic rings. The molecule has 0 fully saturated rings. The van der Waals surface area contributed by atoms with E-state index in [9.17, 15) is 9.59 Å². The number of hydrogen-bond donors (Lipinski definition) is 3. The number of benzene rings is 1. The van der Waals surface area contributed by atoms with Crippen molar-refractivity contribution in [1.82, 2.24) is 5.32 Å². The highest BCUT2D eigenvalue weighted by atomic mass is 16.4. The highest BCUT2D eigenvalue weighted by Crippen LogP contribution is 2.09. The van der Waals surface area contributed by atoms with Crippen LogP contribution in [-0.4, -0.2) is 23.5 Å². The number of aromatic carboxylic acids is 1. The maximum Gasteiger partial charge on any atom is 0.335 e. The molecule has 1 aromatic rings. The lowest BCUT2D eigenvalue weighted by Gasteiger charge is -2.10. The smallest absolute Gasteiger partial charge is 0.335 e. The topological polar surface area (TPSA) is 92.4 Å². The van der Waals surface area contributed by atoms with Crippen LogP contribution in [0.1, 0.15) is 42.1 Å². The van der Waals surface area contributed by atoms with Crippen LogP contribution in [0.2, 0.25) is 0 Å². The molecular weight excluding hydrogens is 256 g/mol. The van der Waals surface area contributed by atoms with E-state index in [-0.39, 0.29) is 11.5 Å². The first-order chi connectivity index (χ1) is 9.52. The van der Waals surface area contributed by atoms with E-state index >= 15 is 0 Å². The zero-order chi connectivity index (χ0) is 15.0. The minimum atomic E-state index is -0.950. The quantitative estimate of drug-likeness (QED) is 0.675. The number of carboxylic acids is 1. The van der Waals surface area contributed by atoms with Crippen molar-refractivity contribution in [2.24, 2.45) is 11.7 Å². The van der Waals surface area contributed by atoms with Gasteiger partial charge in [-0.3, -0.25) is 4.79 Å². The monoisotopic (exact) mass is 278 g/mol. The molecule has 5 heteroatoms. The second-order valence-corrected chi connectivity index (χ2v) is 5.00. The molecule has 0 bridgehead atoms. The Kier molecular flexibility index (Phi) is 6.73. The van der Waals surface area contributed by atoms with Crippen LogP contribution in [-0.2, 0) is 11.3 Å². The van der Waals surface area contributed by atoms with E-state index < -0.39 is 5.97 Å². The van der Waals surface area contributed by atoms with Gasteiger partial charge >= 0.3 is 5.97 Å². The molecule has 5 nitrogen and oxygen atoms in total. The third-order valence-electron chi connectivity index (χ3n) is 3.21. The van der Waals surface area contributed by atoms with E-state index in [2.05, 4.69) is 12.2 Å². The number of nitrogens with two attached hydrogens (primary N) is 1. The summed E-state index contributed by atoms with van der Waals surface area (Å²) in [5.74, 6) is -0.480. The van der Waals surface area contributed by atoms with E-state index in [4.69, 9.17) is 10.8 Å². The molecule has 1 atom stereocenters. The maximum absolute atomic E-state index is 11.7. The standard InChI is InChI=1S/C15H22N2O3/c1-11(8-9-16)2-7-14(18)17-10-12-3-5-13(6-4-12)15(19)20/h3-6,11H,2,7-10,16H2,1H3,(H,17,18)(H,19,20). The van der Waals surface area contributed by atoms with Gasteiger partial charge in [-0.25, -0.2) is 4.79 Å². The molecule has 4 N–H and O–H groups in total. The van der Waals surface area contributed by atoms with E-state index in [1.165, 1.54) is 12.1 Å². The first kappa shape index (κ1) is 16.2. The Morgan fingerprint density at radius 3 is 2.45 bits per heavy atom. The van der Waals surface area contributed by atoms with Gasteiger partial charge in [0.1, 0.15) is 0 Å². The summed E-state index contributed by atoms with van der Waals surface area (Å²) in [6.45, 7) is 3.16. The van der Waals surface area contributed by atoms with Crippen LogP contribution in [0.25, 0.3) is 0 Å². The second-order valence-electron chi connectivity index (χ2n) is 5.00. The number of carbonyl (C=O) groups excluding carboxylic acids is 1. The SMILES string of the molecule is CC(CCN)CCC(=O)NCc1ccc(C(=O)O)cc1. The van der Waals surface area contributed by atoms with Crippen molar-refractivity contribution in [3.05, 3.63) is 35.4 Å². The summed E-state index contributed by atoms with van der Waals surface area (Å²) in [5, 5.41) is 11.6. The van der Waals surface area contributed by atoms with Crippen LogP contribution in [0.5, 0.6) is 0 Å². The fraction of sp³-hybridized carbons (Fsp3) is 0.467. The van der Waals surface area contributed by atoms with Crippen molar-refractivity contribution >= 4 is 11.9 Å². The van der Waals surface area contributed by atoms with Gasteiger partial charge in [-0.05, 0) is 43.0 Å². The molecule has 0 saturated carbocycles. The number of rotatable bonds is 8. The van der Waals surface area contributed by atoms with Gasteiger partial charge in [0.2, 0.25) is 5.91 Å². The third kappa shape index (κ3) is 5.84. The number of nitrogens with one attached hydrogen (secondary N) is 1. The minimum absolute atomic E-state index is 0.0104.